The standard InChI is InChI=1S/C30H17BO3/c1-4-13-24-20(8-1)21-10-7-9-19(30(21)34-24)18-16-27-29-28(17-18)33-26-15-6-3-12-23(26)31(29)22-11-2-5-14-25(22)32-27/h1-17H. The van der Waals surface area contributed by atoms with Gasteiger partial charge in [0.2, 0.25) is 0 Å². The minimum absolute atomic E-state index is 0.0796. The van der Waals surface area contributed by atoms with E-state index in [9.17, 15) is 0 Å². The fourth-order valence-corrected chi connectivity index (χ4v) is 5.52. The Bertz CT molecular complexity index is 1710. The first-order valence-corrected chi connectivity index (χ1v) is 11.5. The van der Waals surface area contributed by atoms with Gasteiger partial charge in [0.05, 0.1) is 0 Å². The first kappa shape index (κ1) is 18.0. The van der Waals surface area contributed by atoms with Gasteiger partial charge in [0.25, 0.3) is 6.71 Å². The van der Waals surface area contributed by atoms with Gasteiger partial charge in [-0.05, 0) is 46.8 Å². The van der Waals surface area contributed by atoms with Crippen molar-refractivity contribution in [3.63, 3.8) is 0 Å². The second kappa shape index (κ2) is 6.55. The van der Waals surface area contributed by atoms with Crippen LogP contribution in [-0.4, -0.2) is 6.71 Å². The first-order chi connectivity index (χ1) is 16.8. The van der Waals surface area contributed by atoms with E-state index in [2.05, 4.69) is 60.7 Å². The molecule has 0 saturated heterocycles. The summed E-state index contributed by atoms with van der Waals surface area (Å²) in [4.78, 5) is 0. The zero-order chi connectivity index (χ0) is 22.2. The summed E-state index contributed by atoms with van der Waals surface area (Å²) in [6, 6.07) is 35.3. The molecule has 0 bridgehead atoms. The third kappa shape index (κ3) is 2.37. The second-order valence-electron chi connectivity index (χ2n) is 8.88. The van der Waals surface area contributed by atoms with Crippen molar-refractivity contribution in [1.82, 2.24) is 0 Å². The Hall–Kier alpha value is -4.44. The molecule has 158 valence electrons. The van der Waals surface area contributed by atoms with Crippen LogP contribution in [0.15, 0.2) is 108 Å². The Morgan fingerprint density at radius 1 is 0.529 bits per heavy atom. The molecule has 0 unspecified atom stereocenters. The average molecular weight is 436 g/mol. The average Bonchev–Trinajstić information content (AvgIpc) is 3.27. The maximum atomic E-state index is 6.46. The third-order valence-electron chi connectivity index (χ3n) is 7.01. The lowest BCUT2D eigenvalue weighted by Crippen LogP contribution is -2.57. The Morgan fingerprint density at radius 3 is 1.88 bits per heavy atom. The SMILES string of the molecule is c1ccc2c(c1)Oc1cc(-c3cccc4c3oc3ccccc34)cc3c1B2c1ccccc1O3. The molecule has 0 spiro atoms. The van der Waals surface area contributed by atoms with Crippen LogP contribution in [-0.2, 0) is 0 Å². The summed E-state index contributed by atoms with van der Waals surface area (Å²) in [5.74, 6) is 3.45. The summed E-state index contributed by atoms with van der Waals surface area (Å²) in [5, 5.41) is 2.23. The van der Waals surface area contributed by atoms with E-state index in [0.717, 1.165) is 61.5 Å². The van der Waals surface area contributed by atoms with E-state index in [1.54, 1.807) is 0 Å². The third-order valence-corrected chi connectivity index (χ3v) is 7.01. The monoisotopic (exact) mass is 436 g/mol. The molecule has 3 heterocycles. The summed E-state index contributed by atoms with van der Waals surface area (Å²) in [7, 11) is 0. The highest BCUT2D eigenvalue weighted by atomic mass is 16.5. The van der Waals surface area contributed by atoms with E-state index >= 15 is 0 Å². The van der Waals surface area contributed by atoms with Crippen molar-refractivity contribution in [2.45, 2.75) is 0 Å². The van der Waals surface area contributed by atoms with Crippen LogP contribution in [0.3, 0.4) is 0 Å². The molecule has 5 aromatic carbocycles. The molecule has 3 nitrogen and oxygen atoms in total. The van der Waals surface area contributed by atoms with Gasteiger partial charge < -0.3 is 13.9 Å². The molecule has 1 aromatic heterocycles. The van der Waals surface area contributed by atoms with Crippen molar-refractivity contribution in [1.29, 1.82) is 0 Å². The van der Waals surface area contributed by atoms with Crippen molar-refractivity contribution in [3.8, 4) is 34.1 Å². The molecule has 4 heteroatoms. The van der Waals surface area contributed by atoms with Crippen molar-refractivity contribution >= 4 is 45.0 Å². The summed E-state index contributed by atoms with van der Waals surface area (Å²) in [6.07, 6.45) is 0. The Balaban J connectivity index is 1.40. The van der Waals surface area contributed by atoms with Gasteiger partial charge in [-0.2, -0.15) is 0 Å². The van der Waals surface area contributed by atoms with Gasteiger partial charge in [0.1, 0.15) is 34.2 Å². The van der Waals surface area contributed by atoms with Crippen LogP contribution in [0.25, 0.3) is 33.1 Å². The van der Waals surface area contributed by atoms with E-state index in [1.807, 2.05) is 42.5 Å². The Labute approximate surface area is 196 Å². The lowest BCUT2D eigenvalue weighted by Gasteiger charge is -2.33. The van der Waals surface area contributed by atoms with Crippen LogP contribution < -0.4 is 25.9 Å². The molecule has 0 fully saturated rings. The van der Waals surface area contributed by atoms with Crippen molar-refractivity contribution in [2.75, 3.05) is 0 Å². The van der Waals surface area contributed by atoms with Crippen molar-refractivity contribution in [2.24, 2.45) is 0 Å². The number of rotatable bonds is 1. The molecule has 0 N–H and O–H groups in total. The Kier molecular flexibility index (Phi) is 3.48. The van der Waals surface area contributed by atoms with Gasteiger partial charge in [-0.3, -0.25) is 0 Å². The number of fused-ring (bicyclic) bond motifs is 7. The summed E-state index contributed by atoms with van der Waals surface area (Å²) < 4.78 is 19.2. The molecule has 34 heavy (non-hydrogen) atoms. The van der Waals surface area contributed by atoms with Crippen LogP contribution in [0.5, 0.6) is 23.0 Å². The summed E-state index contributed by atoms with van der Waals surface area (Å²) in [5.41, 5.74) is 7.21. The number of hydrogen-bond acceptors (Lipinski definition) is 3. The quantitative estimate of drug-likeness (QED) is 0.297. The minimum atomic E-state index is 0.0796. The van der Waals surface area contributed by atoms with Gasteiger partial charge >= 0.3 is 0 Å². The van der Waals surface area contributed by atoms with Crippen LogP contribution in [0, 0.1) is 0 Å². The fourth-order valence-electron chi connectivity index (χ4n) is 5.52. The van der Waals surface area contributed by atoms with Crippen LogP contribution in [0.1, 0.15) is 0 Å². The summed E-state index contributed by atoms with van der Waals surface area (Å²) >= 11 is 0. The van der Waals surface area contributed by atoms with E-state index in [-0.39, 0.29) is 6.71 Å². The molecular formula is C30H17BO3. The largest absolute Gasteiger partial charge is 0.458 e. The van der Waals surface area contributed by atoms with Gasteiger partial charge in [-0.25, -0.2) is 0 Å². The topological polar surface area (TPSA) is 31.6 Å². The van der Waals surface area contributed by atoms with Gasteiger partial charge in [-0.15, -0.1) is 0 Å². The van der Waals surface area contributed by atoms with Crippen molar-refractivity contribution < 1.29 is 13.9 Å². The van der Waals surface area contributed by atoms with Crippen molar-refractivity contribution in [3.05, 3.63) is 103 Å². The maximum absolute atomic E-state index is 6.46. The highest BCUT2D eigenvalue weighted by molar-refractivity contribution is 6.98. The molecule has 8 rings (SSSR count). The van der Waals surface area contributed by atoms with E-state index in [4.69, 9.17) is 13.9 Å². The van der Waals surface area contributed by atoms with Crippen LogP contribution in [0.4, 0.5) is 0 Å². The number of ether oxygens (including phenoxy) is 2. The van der Waals surface area contributed by atoms with Gasteiger partial charge in [0.15, 0.2) is 0 Å². The van der Waals surface area contributed by atoms with Crippen LogP contribution in [0.2, 0.25) is 0 Å². The zero-order valence-electron chi connectivity index (χ0n) is 18.1. The van der Waals surface area contributed by atoms with E-state index in [0.29, 0.717) is 0 Å². The lowest BCUT2D eigenvalue weighted by molar-refractivity contribution is 0.465. The fraction of sp³-hybridized carbons (Fsp3) is 0. The normalized spacial score (nSPS) is 13.1. The predicted octanol–water partition coefficient (Wildman–Crippen LogP) is 5.98. The lowest BCUT2D eigenvalue weighted by atomic mass is 9.35. The summed E-state index contributed by atoms with van der Waals surface area (Å²) in [6.45, 7) is 0.0796. The number of benzene rings is 5. The number of furan rings is 1. The molecule has 0 aliphatic carbocycles. The molecule has 0 amide bonds. The second-order valence-corrected chi connectivity index (χ2v) is 8.88. The smallest absolute Gasteiger partial charge is 0.260 e. The van der Waals surface area contributed by atoms with Gasteiger partial charge in [0, 0.05) is 21.8 Å². The Morgan fingerprint density at radius 2 is 1.15 bits per heavy atom. The molecule has 0 atom stereocenters. The predicted molar refractivity (Wildman–Crippen MR) is 137 cm³/mol. The van der Waals surface area contributed by atoms with Crippen LogP contribution >= 0.6 is 0 Å². The minimum Gasteiger partial charge on any atom is -0.458 e. The molecule has 2 aliphatic heterocycles. The molecule has 2 aliphatic rings. The maximum Gasteiger partial charge on any atom is 0.260 e. The highest BCUT2D eigenvalue weighted by Crippen LogP contribution is 2.41. The van der Waals surface area contributed by atoms with E-state index in [1.165, 1.54) is 10.9 Å². The van der Waals surface area contributed by atoms with Gasteiger partial charge in [-0.1, -0.05) is 72.8 Å². The highest BCUT2D eigenvalue weighted by Gasteiger charge is 2.40. The molecular weight excluding hydrogens is 419 g/mol. The first-order valence-electron chi connectivity index (χ1n) is 11.5. The number of para-hydroxylation sites is 4. The molecule has 0 saturated carbocycles. The molecule has 6 aromatic rings. The number of hydrogen-bond donors (Lipinski definition) is 0. The molecule has 0 radical (unpaired) electrons. The zero-order valence-corrected chi connectivity index (χ0v) is 18.1. The van der Waals surface area contributed by atoms with E-state index < -0.39 is 0 Å².